The molecule has 8 nitrogen and oxygen atoms in total. The zero-order valence-electron chi connectivity index (χ0n) is 19.3. The van der Waals surface area contributed by atoms with E-state index in [2.05, 4.69) is 20.1 Å². The number of hydrogen-bond donors (Lipinski definition) is 1. The van der Waals surface area contributed by atoms with Crippen LogP contribution in [0.15, 0.2) is 47.5 Å². The first-order valence-electron chi connectivity index (χ1n) is 11.1. The van der Waals surface area contributed by atoms with Crippen LogP contribution in [0.4, 0.5) is 11.5 Å². The molecule has 1 aliphatic rings. The van der Waals surface area contributed by atoms with Crippen LogP contribution in [0.1, 0.15) is 26.3 Å². The van der Waals surface area contributed by atoms with Crippen LogP contribution < -0.4 is 10.2 Å². The van der Waals surface area contributed by atoms with Gasteiger partial charge in [0, 0.05) is 51.2 Å². The SMILES string of the molecule is CCN(CC)S(=O)(=O)c1cc(NC(=O)[C@H](C)N2CCN(c3ccccn3)CC2)ccc1C. The summed E-state index contributed by atoms with van der Waals surface area (Å²) in [5.74, 6) is 0.803. The van der Waals surface area contributed by atoms with Crippen molar-refractivity contribution in [1.29, 1.82) is 0 Å². The standard InChI is InChI=1S/C23H33N5O3S/c1-5-28(6-2)32(30,31)21-17-20(11-10-18(21)3)25-23(29)19(4)26-13-15-27(16-14-26)22-9-7-8-12-24-22/h7-12,17,19H,5-6,13-16H2,1-4H3,(H,25,29)/t19-/m0/s1. The summed E-state index contributed by atoms with van der Waals surface area (Å²) >= 11 is 0. The second-order valence-corrected chi connectivity index (χ2v) is 9.85. The van der Waals surface area contributed by atoms with E-state index in [9.17, 15) is 13.2 Å². The predicted molar refractivity (Wildman–Crippen MR) is 127 cm³/mol. The second-order valence-electron chi connectivity index (χ2n) is 7.95. The molecule has 0 spiro atoms. The Morgan fingerprint density at radius 2 is 1.81 bits per heavy atom. The third kappa shape index (κ3) is 5.28. The van der Waals surface area contributed by atoms with Crippen LogP contribution in [-0.4, -0.2) is 73.8 Å². The van der Waals surface area contributed by atoms with E-state index < -0.39 is 10.0 Å². The summed E-state index contributed by atoms with van der Waals surface area (Å²) in [7, 11) is -3.60. The molecule has 1 fully saturated rings. The van der Waals surface area contributed by atoms with Crippen LogP contribution in [-0.2, 0) is 14.8 Å². The molecule has 1 aromatic carbocycles. The molecule has 0 radical (unpaired) electrons. The molecular formula is C23H33N5O3S. The summed E-state index contributed by atoms with van der Waals surface area (Å²) < 4.78 is 27.4. The van der Waals surface area contributed by atoms with Crippen molar-refractivity contribution in [3.05, 3.63) is 48.2 Å². The molecule has 9 heteroatoms. The van der Waals surface area contributed by atoms with Crippen molar-refractivity contribution in [2.24, 2.45) is 0 Å². The van der Waals surface area contributed by atoms with Crippen LogP contribution >= 0.6 is 0 Å². The average Bonchev–Trinajstić information content (AvgIpc) is 2.81. The molecule has 0 bridgehead atoms. The van der Waals surface area contributed by atoms with Gasteiger partial charge in [0.05, 0.1) is 10.9 Å². The number of carbonyl (C=O) groups excluding carboxylic acids is 1. The van der Waals surface area contributed by atoms with Crippen LogP contribution in [0.3, 0.4) is 0 Å². The van der Waals surface area contributed by atoms with Crippen molar-refractivity contribution in [2.45, 2.75) is 38.6 Å². The van der Waals surface area contributed by atoms with Gasteiger partial charge in [0.1, 0.15) is 5.82 Å². The van der Waals surface area contributed by atoms with Gasteiger partial charge < -0.3 is 10.2 Å². The molecule has 1 saturated heterocycles. The van der Waals surface area contributed by atoms with Crippen molar-refractivity contribution >= 4 is 27.4 Å². The van der Waals surface area contributed by atoms with Crippen molar-refractivity contribution in [2.75, 3.05) is 49.5 Å². The molecule has 174 valence electrons. The van der Waals surface area contributed by atoms with Crippen LogP contribution in [0.5, 0.6) is 0 Å². The van der Waals surface area contributed by atoms with E-state index >= 15 is 0 Å². The molecule has 1 aliphatic heterocycles. The molecule has 1 aromatic heterocycles. The third-order valence-electron chi connectivity index (χ3n) is 5.99. The Kier molecular flexibility index (Phi) is 7.86. The van der Waals surface area contributed by atoms with Gasteiger partial charge in [-0.25, -0.2) is 13.4 Å². The Hall–Kier alpha value is -2.49. The summed E-state index contributed by atoms with van der Waals surface area (Å²) in [5.41, 5.74) is 1.15. The van der Waals surface area contributed by atoms with E-state index in [1.807, 2.05) is 39.0 Å². The second kappa shape index (κ2) is 10.4. The summed E-state index contributed by atoms with van der Waals surface area (Å²) in [5, 5.41) is 2.91. The third-order valence-corrected chi connectivity index (χ3v) is 8.19. The number of nitrogens with one attached hydrogen (secondary N) is 1. The van der Waals surface area contributed by atoms with Gasteiger partial charge in [-0.1, -0.05) is 26.0 Å². The number of pyridine rings is 1. The summed E-state index contributed by atoms with van der Waals surface area (Å²) in [6, 6.07) is 10.6. The van der Waals surface area contributed by atoms with E-state index in [-0.39, 0.29) is 16.8 Å². The molecular weight excluding hydrogens is 426 g/mol. The van der Waals surface area contributed by atoms with Gasteiger partial charge in [0.25, 0.3) is 0 Å². The Balaban J connectivity index is 1.66. The van der Waals surface area contributed by atoms with Crippen molar-refractivity contribution in [3.8, 4) is 0 Å². The topological polar surface area (TPSA) is 85.8 Å². The number of amides is 1. The van der Waals surface area contributed by atoms with Gasteiger partial charge in [0.2, 0.25) is 15.9 Å². The summed E-state index contributed by atoms with van der Waals surface area (Å²) in [4.78, 5) is 21.9. The lowest BCUT2D eigenvalue weighted by Gasteiger charge is -2.37. The van der Waals surface area contributed by atoms with Crippen molar-refractivity contribution < 1.29 is 13.2 Å². The fraction of sp³-hybridized carbons (Fsp3) is 0.478. The molecule has 1 atom stereocenters. The highest BCUT2D eigenvalue weighted by Gasteiger charge is 2.27. The molecule has 1 amide bonds. The lowest BCUT2D eigenvalue weighted by atomic mass is 10.2. The maximum Gasteiger partial charge on any atom is 0.243 e. The largest absolute Gasteiger partial charge is 0.354 e. The number of sulfonamides is 1. The maximum atomic E-state index is 13.0. The fourth-order valence-electron chi connectivity index (χ4n) is 3.95. The molecule has 2 aromatic rings. The first-order chi connectivity index (χ1) is 15.3. The van der Waals surface area contributed by atoms with Crippen LogP contribution in [0.25, 0.3) is 0 Å². The number of anilines is 2. The van der Waals surface area contributed by atoms with E-state index in [1.54, 1.807) is 31.3 Å². The Morgan fingerprint density at radius 3 is 2.41 bits per heavy atom. The normalized spacial score (nSPS) is 16.2. The minimum Gasteiger partial charge on any atom is -0.354 e. The number of hydrogen-bond acceptors (Lipinski definition) is 6. The molecule has 32 heavy (non-hydrogen) atoms. The minimum atomic E-state index is -3.60. The van der Waals surface area contributed by atoms with Crippen LogP contribution in [0.2, 0.25) is 0 Å². The van der Waals surface area contributed by atoms with Gasteiger partial charge in [-0.2, -0.15) is 4.31 Å². The Labute approximate surface area is 191 Å². The monoisotopic (exact) mass is 459 g/mol. The first-order valence-corrected chi connectivity index (χ1v) is 12.5. The minimum absolute atomic E-state index is 0.147. The van der Waals surface area contributed by atoms with Gasteiger partial charge in [-0.05, 0) is 43.7 Å². The quantitative estimate of drug-likeness (QED) is 0.653. The number of benzene rings is 1. The highest BCUT2D eigenvalue weighted by atomic mass is 32.2. The summed E-state index contributed by atoms with van der Waals surface area (Å²) in [6.07, 6.45) is 1.79. The maximum absolute atomic E-state index is 13.0. The van der Waals surface area contributed by atoms with E-state index in [1.165, 1.54) is 4.31 Å². The van der Waals surface area contributed by atoms with E-state index in [4.69, 9.17) is 0 Å². The van der Waals surface area contributed by atoms with E-state index in [0.717, 1.165) is 32.0 Å². The molecule has 3 rings (SSSR count). The summed E-state index contributed by atoms with van der Waals surface area (Å²) in [6.45, 7) is 11.2. The molecule has 0 saturated carbocycles. The molecule has 1 N–H and O–H groups in total. The van der Waals surface area contributed by atoms with Crippen LogP contribution in [0, 0.1) is 6.92 Å². The van der Waals surface area contributed by atoms with Gasteiger partial charge >= 0.3 is 0 Å². The Morgan fingerprint density at radius 1 is 1.12 bits per heavy atom. The highest BCUT2D eigenvalue weighted by Crippen LogP contribution is 2.24. The fourth-order valence-corrected chi connectivity index (χ4v) is 5.66. The molecule has 2 heterocycles. The lowest BCUT2D eigenvalue weighted by Crippen LogP contribution is -2.53. The van der Waals surface area contributed by atoms with Crippen molar-refractivity contribution in [1.82, 2.24) is 14.2 Å². The smallest absolute Gasteiger partial charge is 0.243 e. The Bertz CT molecular complexity index is 1020. The van der Waals surface area contributed by atoms with Crippen molar-refractivity contribution in [3.63, 3.8) is 0 Å². The number of aryl methyl sites for hydroxylation is 1. The average molecular weight is 460 g/mol. The lowest BCUT2D eigenvalue weighted by molar-refractivity contribution is -0.120. The number of nitrogens with zero attached hydrogens (tertiary/aromatic N) is 4. The predicted octanol–water partition coefficient (Wildman–Crippen LogP) is 2.57. The number of rotatable bonds is 8. The van der Waals surface area contributed by atoms with Gasteiger partial charge in [-0.3, -0.25) is 9.69 Å². The van der Waals surface area contributed by atoms with Gasteiger partial charge in [0.15, 0.2) is 0 Å². The first kappa shape index (κ1) is 24.2. The number of carbonyl (C=O) groups is 1. The number of piperazine rings is 1. The molecule has 0 aliphatic carbocycles. The number of aromatic nitrogens is 1. The van der Waals surface area contributed by atoms with E-state index in [0.29, 0.717) is 24.3 Å². The van der Waals surface area contributed by atoms with Gasteiger partial charge in [-0.15, -0.1) is 0 Å². The zero-order chi connectivity index (χ0) is 23.3. The highest BCUT2D eigenvalue weighted by molar-refractivity contribution is 7.89. The molecule has 0 unspecified atom stereocenters. The zero-order valence-corrected chi connectivity index (χ0v) is 20.1.